The highest BCUT2D eigenvalue weighted by Gasteiger charge is 1.91. The van der Waals surface area contributed by atoms with Gasteiger partial charge >= 0.3 is 0 Å². The summed E-state index contributed by atoms with van der Waals surface area (Å²) in [5, 5.41) is 0. The largest absolute Gasteiger partial charge is 0.379 e. The number of hydrogen-bond acceptors (Lipinski definition) is 5. The second-order valence-electron chi connectivity index (χ2n) is 2.82. The SMILES string of the molecule is C=CCOOCCOCCOCCOCC. The number of rotatable bonds is 13. The van der Waals surface area contributed by atoms with Gasteiger partial charge < -0.3 is 14.2 Å². The van der Waals surface area contributed by atoms with Crippen LogP contribution in [0.5, 0.6) is 0 Å². The minimum atomic E-state index is 0.389. The van der Waals surface area contributed by atoms with Crippen molar-refractivity contribution in [2.45, 2.75) is 6.92 Å². The van der Waals surface area contributed by atoms with E-state index in [9.17, 15) is 0 Å². The molecule has 0 aliphatic rings. The van der Waals surface area contributed by atoms with Gasteiger partial charge in [-0.05, 0) is 6.92 Å². The third kappa shape index (κ3) is 13.5. The van der Waals surface area contributed by atoms with Crippen LogP contribution in [0.3, 0.4) is 0 Å². The molecule has 0 aromatic rings. The first-order valence-electron chi connectivity index (χ1n) is 5.50. The Kier molecular flexibility index (Phi) is 14.1. The second-order valence-corrected chi connectivity index (χ2v) is 2.82. The number of hydrogen-bond donors (Lipinski definition) is 0. The van der Waals surface area contributed by atoms with Crippen molar-refractivity contribution in [2.24, 2.45) is 0 Å². The van der Waals surface area contributed by atoms with Crippen LogP contribution in [-0.2, 0) is 24.0 Å². The zero-order valence-corrected chi connectivity index (χ0v) is 9.98. The van der Waals surface area contributed by atoms with Crippen LogP contribution in [0.25, 0.3) is 0 Å². The second kappa shape index (κ2) is 14.5. The predicted octanol–water partition coefficient (Wildman–Crippen LogP) is 1.19. The molecular weight excluding hydrogens is 212 g/mol. The molecule has 5 heteroatoms. The first-order chi connectivity index (χ1) is 7.91. The lowest BCUT2D eigenvalue weighted by Gasteiger charge is -2.05. The summed E-state index contributed by atoms with van der Waals surface area (Å²) in [4.78, 5) is 9.49. The molecule has 0 bridgehead atoms. The van der Waals surface area contributed by atoms with E-state index in [0.717, 1.165) is 6.61 Å². The summed E-state index contributed by atoms with van der Waals surface area (Å²) in [7, 11) is 0. The van der Waals surface area contributed by atoms with Crippen molar-refractivity contribution >= 4 is 0 Å². The quantitative estimate of drug-likeness (QED) is 0.207. The molecule has 0 spiro atoms. The number of ether oxygens (including phenoxy) is 3. The summed E-state index contributed by atoms with van der Waals surface area (Å²) in [5.74, 6) is 0. The molecule has 96 valence electrons. The van der Waals surface area contributed by atoms with E-state index in [1.807, 2.05) is 6.92 Å². The Labute approximate surface area is 97.2 Å². The van der Waals surface area contributed by atoms with Gasteiger partial charge in [-0.3, -0.25) is 0 Å². The van der Waals surface area contributed by atoms with Crippen molar-refractivity contribution in [2.75, 3.05) is 52.9 Å². The van der Waals surface area contributed by atoms with E-state index in [-0.39, 0.29) is 0 Å². The van der Waals surface area contributed by atoms with Gasteiger partial charge in [0.15, 0.2) is 0 Å². The molecule has 0 aliphatic carbocycles. The zero-order chi connectivity index (χ0) is 11.9. The molecule has 0 unspecified atom stereocenters. The zero-order valence-electron chi connectivity index (χ0n) is 9.98. The monoisotopic (exact) mass is 234 g/mol. The fraction of sp³-hybridized carbons (Fsp3) is 0.818. The van der Waals surface area contributed by atoms with Gasteiger partial charge in [0.25, 0.3) is 0 Å². The Hall–Kier alpha value is -0.460. The molecule has 0 aliphatic heterocycles. The fourth-order valence-corrected chi connectivity index (χ4v) is 0.832. The molecule has 0 heterocycles. The van der Waals surface area contributed by atoms with E-state index >= 15 is 0 Å². The Bertz CT molecular complexity index is 140. The average Bonchev–Trinajstić information content (AvgIpc) is 2.31. The Morgan fingerprint density at radius 3 is 1.94 bits per heavy atom. The normalized spacial score (nSPS) is 10.6. The molecule has 0 saturated heterocycles. The molecule has 0 N–H and O–H groups in total. The molecule has 0 amide bonds. The summed E-state index contributed by atoms with van der Waals surface area (Å²) in [5.41, 5.74) is 0. The van der Waals surface area contributed by atoms with Gasteiger partial charge in [-0.15, -0.1) is 6.58 Å². The highest BCUT2D eigenvalue weighted by molar-refractivity contribution is 4.62. The predicted molar refractivity (Wildman–Crippen MR) is 60.2 cm³/mol. The molecule has 0 aromatic carbocycles. The van der Waals surface area contributed by atoms with Crippen molar-refractivity contribution in [3.63, 3.8) is 0 Å². The van der Waals surface area contributed by atoms with Crippen LogP contribution in [0.15, 0.2) is 12.7 Å². The molecule has 0 fully saturated rings. The summed E-state index contributed by atoms with van der Waals surface area (Å²) in [6, 6.07) is 0. The molecule has 16 heavy (non-hydrogen) atoms. The lowest BCUT2D eigenvalue weighted by Crippen LogP contribution is -2.11. The summed E-state index contributed by atoms with van der Waals surface area (Å²) < 4.78 is 15.6. The third-order valence-electron chi connectivity index (χ3n) is 1.53. The van der Waals surface area contributed by atoms with Crippen LogP contribution < -0.4 is 0 Å². The van der Waals surface area contributed by atoms with Crippen LogP contribution >= 0.6 is 0 Å². The van der Waals surface area contributed by atoms with Crippen molar-refractivity contribution < 1.29 is 24.0 Å². The van der Waals surface area contributed by atoms with Crippen molar-refractivity contribution in [3.05, 3.63) is 12.7 Å². The maximum absolute atomic E-state index is 5.25. The van der Waals surface area contributed by atoms with Crippen LogP contribution in [0.1, 0.15) is 6.92 Å². The maximum Gasteiger partial charge on any atom is 0.106 e. The first-order valence-corrected chi connectivity index (χ1v) is 5.50. The highest BCUT2D eigenvalue weighted by Crippen LogP contribution is 1.83. The van der Waals surface area contributed by atoms with Gasteiger partial charge in [0, 0.05) is 6.61 Å². The van der Waals surface area contributed by atoms with Crippen LogP contribution in [0.2, 0.25) is 0 Å². The van der Waals surface area contributed by atoms with E-state index in [1.165, 1.54) is 0 Å². The first kappa shape index (κ1) is 15.5. The van der Waals surface area contributed by atoms with Gasteiger partial charge in [0.1, 0.15) is 13.2 Å². The topological polar surface area (TPSA) is 46.2 Å². The van der Waals surface area contributed by atoms with Gasteiger partial charge in [-0.25, -0.2) is 9.78 Å². The fourth-order valence-electron chi connectivity index (χ4n) is 0.832. The van der Waals surface area contributed by atoms with E-state index in [1.54, 1.807) is 6.08 Å². The minimum Gasteiger partial charge on any atom is -0.379 e. The van der Waals surface area contributed by atoms with Gasteiger partial charge in [0.05, 0.1) is 33.0 Å². The molecule has 0 rings (SSSR count). The van der Waals surface area contributed by atoms with E-state index < -0.39 is 0 Å². The van der Waals surface area contributed by atoms with E-state index in [0.29, 0.717) is 46.2 Å². The highest BCUT2D eigenvalue weighted by atomic mass is 17.2. The van der Waals surface area contributed by atoms with Crippen LogP contribution in [0.4, 0.5) is 0 Å². The molecule has 0 aromatic heterocycles. The summed E-state index contributed by atoms with van der Waals surface area (Å²) >= 11 is 0. The van der Waals surface area contributed by atoms with E-state index in [2.05, 4.69) is 6.58 Å². The summed E-state index contributed by atoms with van der Waals surface area (Å²) in [6.45, 7) is 9.82. The molecule has 5 nitrogen and oxygen atoms in total. The van der Waals surface area contributed by atoms with Gasteiger partial charge in [-0.1, -0.05) is 6.08 Å². The van der Waals surface area contributed by atoms with Crippen molar-refractivity contribution in [1.82, 2.24) is 0 Å². The molecule has 0 saturated carbocycles. The van der Waals surface area contributed by atoms with Crippen LogP contribution in [0, 0.1) is 0 Å². The Morgan fingerprint density at radius 2 is 1.38 bits per heavy atom. The lowest BCUT2D eigenvalue weighted by molar-refractivity contribution is -0.291. The Balaban J connectivity index is 2.85. The maximum atomic E-state index is 5.25. The average molecular weight is 234 g/mol. The van der Waals surface area contributed by atoms with Crippen molar-refractivity contribution in [1.29, 1.82) is 0 Å². The molecule has 0 radical (unpaired) electrons. The third-order valence-corrected chi connectivity index (χ3v) is 1.53. The smallest absolute Gasteiger partial charge is 0.106 e. The Morgan fingerprint density at radius 1 is 0.812 bits per heavy atom. The van der Waals surface area contributed by atoms with E-state index in [4.69, 9.17) is 24.0 Å². The standard InChI is InChI=1S/C11H22O5/c1-3-5-15-16-11-10-14-9-8-13-7-6-12-4-2/h3H,1,4-11H2,2H3. The summed E-state index contributed by atoms with van der Waals surface area (Å²) in [6.07, 6.45) is 1.62. The molecule has 0 atom stereocenters. The van der Waals surface area contributed by atoms with Gasteiger partial charge in [0.2, 0.25) is 0 Å². The lowest BCUT2D eigenvalue weighted by atomic mass is 10.7. The van der Waals surface area contributed by atoms with Crippen LogP contribution in [-0.4, -0.2) is 52.9 Å². The van der Waals surface area contributed by atoms with Gasteiger partial charge in [-0.2, -0.15) is 0 Å². The molecular formula is C11H22O5. The van der Waals surface area contributed by atoms with Crippen molar-refractivity contribution in [3.8, 4) is 0 Å². The minimum absolute atomic E-state index is 0.389.